The Morgan fingerprint density at radius 1 is 1.35 bits per heavy atom. The topological polar surface area (TPSA) is 72.5 Å². The smallest absolute Gasteiger partial charge is 0.129 e. The highest BCUT2D eigenvalue weighted by molar-refractivity contribution is 5.95. The van der Waals surface area contributed by atoms with E-state index < -0.39 is 0 Å². The molecule has 2 heterocycles. The van der Waals surface area contributed by atoms with Crippen LogP contribution in [0.25, 0.3) is 0 Å². The molecule has 110 valence electrons. The molecule has 0 unspecified atom stereocenters. The maximum absolute atomic E-state index is 7.49. The molecule has 1 saturated heterocycles. The number of likely N-dealkylation sites (N-methyl/N-ethyl adjacent to an activating group) is 1. The van der Waals surface area contributed by atoms with Crippen LogP contribution in [0.1, 0.15) is 5.56 Å². The maximum Gasteiger partial charge on any atom is 0.129 e. The maximum atomic E-state index is 7.49. The van der Waals surface area contributed by atoms with Gasteiger partial charge in [0.1, 0.15) is 11.7 Å². The van der Waals surface area contributed by atoms with Gasteiger partial charge < -0.3 is 15.5 Å². The number of aromatic nitrogens is 1. The van der Waals surface area contributed by atoms with Crippen LogP contribution in [-0.4, -0.2) is 74.0 Å². The molecule has 1 fully saturated rings. The molecule has 0 aromatic carbocycles. The first-order chi connectivity index (χ1) is 9.56. The third kappa shape index (κ3) is 3.91. The molecule has 0 atom stereocenters. The number of nitrogens with zero attached hydrogens (tertiary/aromatic N) is 4. The SMILES string of the molecule is CN(C)CCN1CCN(c2cc(C(=N)N)ccn2)CC1. The van der Waals surface area contributed by atoms with Crippen molar-refractivity contribution in [3.05, 3.63) is 23.9 Å². The summed E-state index contributed by atoms with van der Waals surface area (Å²) in [5.41, 5.74) is 6.27. The second-order valence-corrected chi connectivity index (χ2v) is 5.45. The number of amidine groups is 1. The van der Waals surface area contributed by atoms with Crippen molar-refractivity contribution in [2.75, 3.05) is 58.3 Å². The average molecular weight is 276 g/mol. The number of anilines is 1. The van der Waals surface area contributed by atoms with Crippen molar-refractivity contribution in [2.45, 2.75) is 0 Å². The molecule has 0 radical (unpaired) electrons. The molecule has 20 heavy (non-hydrogen) atoms. The van der Waals surface area contributed by atoms with E-state index in [2.05, 4.69) is 33.8 Å². The standard InChI is InChI=1S/C14H24N6/c1-18(2)5-6-19-7-9-20(10-8-19)13-11-12(14(15)16)3-4-17-13/h3-4,11H,5-10H2,1-2H3,(H3,15,16). The molecule has 1 aliphatic heterocycles. The van der Waals surface area contributed by atoms with Crippen LogP contribution in [0.5, 0.6) is 0 Å². The van der Waals surface area contributed by atoms with Crippen molar-refractivity contribution in [1.82, 2.24) is 14.8 Å². The molecular weight excluding hydrogens is 252 g/mol. The third-order valence-corrected chi connectivity index (χ3v) is 3.62. The van der Waals surface area contributed by atoms with Gasteiger partial charge in [-0.1, -0.05) is 0 Å². The normalized spacial score (nSPS) is 16.6. The van der Waals surface area contributed by atoms with Crippen LogP contribution in [0.3, 0.4) is 0 Å². The van der Waals surface area contributed by atoms with E-state index in [1.165, 1.54) is 0 Å². The summed E-state index contributed by atoms with van der Waals surface area (Å²) >= 11 is 0. The monoisotopic (exact) mass is 276 g/mol. The summed E-state index contributed by atoms with van der Waals surface area (Å²) in [5, 5.41) is 7.49. The number of piperazine rings is 1. The molecule has 0 amide bonds. The van der Waals surface area contributed by atoms with Crippen LogP contribution in [0.2, 0.25) is 0 Å². The fourth-order valence-electron chi connectivity index (χ4n) is 2.30. The van der Waals surface area contributed by atoms with E-state index in [4.69, 9.17) is 11.1 Å². The molecule has 3 N–H and O–H groups in total. The van der Waals surface area contributed by atoms with Gasteiger partial charge in [-0.15, -0.1) is 0 Å². The van der Waals surface area contributed by atoms with E-state index in [0.29, 0.717) is 0 Å². The summed E-state index contributed by atoms with van der Waals surface area (Å²) in [6.45, 7) is 6.27. The largest absolute Gasteiger partial charge is 0.384 e. The number of hydrogen-bond acceptors (Lipinski definition) is 5. The number of rotatable bonds is 5. The van der Waals surface area contributed by atoms with E-state index in [1.807, 2.05) is 6.07 Å². The molecule has 0 spiro atoms. The van der Waals surface area contributed by atoms with Gasteiger partial charge in [0.25, 0.3) is 0 Å². The number of hydrogen-bond donors (Lipinski definition) is 2. The summed E-state index contributed by atoms with van der Waals surface area (Å²) in [5.74, 6) is 1.02. The molecule has 1 aromatic heterocycles. The van der Waals surface area contributed by atoms with E-state index in [1.54, 1.807) is 12.3 Å². The molecule has 0 saturated carbocycles. The first-order valence-electron chi connectivity index (χ1n) is 6.99. The van der Waals surface area contributed by atoms with Gasteiger partial charge in [-0.2, -0.15) is 0 Å². The lowest BCUT2D eigenvalue weighted by Crippen LogP contribution is -2.48. The second kappa shape index (κ2) is 6.67. The zero-order chi connectivity index (χ0) is 14.5. The molecule has 0 bridgehead atoms. The third-order valence-electron chi connectivity index (χ3n) is 3.62. The van der Waals surface area contributed by atoms with Crippen molar-refractivity contribution in [3.63, 3.8) is 0 Å². The molecule has 6 nitrogen and oxygen atoms in total. The lowest BCUT2D eigenvalue weighted by molar-refractivity contribution is 0.229. The van der Waals surface area contributed by atoms with Gasteiger partial charge in [-0.25, -0.2) is 4.98 Å². The zero-order valence-electron chi connectivity index (χ0n) is 12.3. The Bertz CT molecular complexity index is 451. The zero-order valence-corrected chi connectivity index (χ0v) is 12.3. The van der Waals surface area contributed by atoms with Crippen LogP contribution < -0.4 is 10.6 Å². The second-order valence-electron chi connectivity index (χ2n) is 5.45. The quantitative estimate of drug-likeness (QED) is 0.587. The van der Waals surface area contributed by atoms with Crippen LogP contribution in [0.4, 0.5) is 5.82 Å². The fourth-order valence-corrected chi connectivity index (χ4v) is 2.30. The first-order valence-corrected chi connectivity index (χ1v) is 6.99. The Labute approximate surface area is 120 Å². The van der Waals surface area contributed by atoms with E-state index >= 15 is 0 Å². The minimum absolute atomic E-state index is 0.0956. The van der Waals surface area contributed by atoms with Gasteiger partial charge in [0.15, 0.2) is 0 Å². The van der Waals surface area contributed by atoms with Gasteiger partial charge >= 0.3 is 0 Å². The number of nitrogens with two attached hydrogens (primary N) is 1. The van der Waals surface area contributed by atoms with Crippen molar-refractivity contribution >= 4 is 11.7 Å². The minimum Gasteiger partial charge on any atom is -0.384 e. The molecule has 1 aliphatic rings. The van der Waals surface area contributed by atoms with Crippen LogP contribution in [0, 0.1) is 5.41 Å². The Morgan fingerprint density at radius 2 is 2.05 bits per heavy atom. The van der Waals surface area contributed by atoms with Gasteiger partial charge in [0.05, 0.1) is 0 Å². The van der Waals surface area contributed by atoms with Gasteiger partial charge in [0, 0.05) is 51.0 Å². The number of nitrogens with one attached hydrogen (secondary N) is 1. The average Bonchev–Trinajstić information content (AvgIpc) is 2.46. The highest BCUT2D eigenvalue weighted by Crippen LogP contribution is 2.14. The first kappa shape index (κ1) is 14.7. The minimum atomic E-state index is 0.0956. The summed E-state index contributed by atoms with van der Waals surface area (Å²) in [6.07, 6.45) is 1.73. The predicted octanol–water partition coefficient (Wildman–Crippen LogP) is 0.0493. The Morgan fingerprint density at radius 3 is 2.65 bits per heavy atom. The van der Waals surface area contributed by atoms with Gasteiger partial charge in [-0.05, 0) is 26.2 Å². The molecule has 1 aromatic rings. The lowest BCUT2D eigenvalue weighted by atomic mass is 10.2. The molecule has 2 rings (SSSR count). The van der Waals surface area contributed by atoms with Crippen molar-refractivity contribution in [3.8, 4) is 0 Å². The molecule has 6 heteroatoms. The van der Waals surface area contributed by atoms with Crippen LogP contribution >= 0.6 is 0 Å². The summed E-state index contributed by atoms with van der Waals surface area (Å²) < 4.78 is 0. The lowest BCUT2D eigenvalue weighted by Gasteiger charge is -2.35. The van der Waals surface area contributed by atoms with E-state index in [0.717, 1.165) is 50.6 Å². The Kier molecular flexibility index (Phi) is 4.92. The summed E-state index contributed by atoms with van der Waals surface area (Å²) in [4.78, 5) is 11.3. The van der Waals surface area contributed by atoms with Crippen molar-refractivity contribution in [1.29, 1.82) is 5.41 Å². The van der Waals surface area contributed by atoms with Crippen LogP contribution in [0.15, 0.2) is 18.3 Å². The van der Waals surface area contributed by atoms with Crippen LogP contribution in [-0.2, 0) is 0 Å². The number of nitrogen functional groups attached to an aromatic ring is 1. The van der Waals surface area contributed by atoms with E-state index in [-0.39, 0.29) is 5.84 Å². The molecule has 0 aliphatic carbocycles. The highest BCUT2D eigenvalue weighted by atomic mass is 15.3. The van der Waals surface area contributed by atoms with Crippen molar-refractivity contribution < 1.29 is 0 Å². The molecular formula is C14H24N6. The summed E-state index contributed by atoms with van der Waals surface area (Å²) in [6, 6.07) is 3.68. The Balaban J connectivity index is 1.90. The van der Waals surface area contributed by atoms with Gasteiger partial charge in [0.2, 0.25) is 0 Å². The van der Waals surface area contributed by atoms with Crippen molar-refractivity contribution in [2.24, 2.45) is 5.73 Å². The van der Waals surface area contributed by atoms with E-state index in [9.17, 15) is 0 Å². The number of pyridine rings is 1. The highest BCUT2D eigenvalue weighted by Gasteiger charge is 2.18. The fraction of sp³-hybridized carbons (Fsp3) is 0.571. The predicted molar refractivity (Wildman–Crippen MR) is 82.5 cm³/mol. The Hall–Kier alpha value is -1.66. The van der Waals surface area contributed by atoms with Gasteiger partial charge in [-0.3, -0.25) is 10.3 Å². The summed E-state index contributed by atoms with van der Waals surface area (Å²) in [7, 11) is 4.21.